The molecule has 0 aliphatic carbocycles. The van der Waals surface area contributed by atoms with Crippen LogP contribution in [0.5, 0.6) is 5.75 Å². The third kappa shape index (κ3) is 6.23. The molecule has 2 heterocycles. The molecular weight excluding hydrogens is 418 g/mol. The van der Waals surface area contributed by atoms with Gasteiger partial charge in [-0.1, -0.05) is 16.8 Å². The molecule has 1 saturated heterocycles. The Hall–Kier alpha value is -2.54. The van der Waals surface area contributed by atoms with Crippen LogP contribution in [0.2, 0.25) is 5.02 Å². The van der Waals surface area contributed by atoms with E-state index in [9.17, 15) is 9.59 Å². The predicted molar refractivity (Wildman–Crippen MR) is 119 cm³/mol. The number of amides is 2. The molecule has 31 heavy (non-hydrogen) atoms. The molecule has 3 rings (SSSR count). The van der Waals surface area contributed by atoms with Gasteiger partial charge in [-0.3, -0.25) is 9.59 Å². The average molecular weight is 448 g/mol. The van der Waals surface area contributed by atoms with E-state index in [1.165, 1.54) is 0 Å². The number of ether oxygens (including phenoxy) is 1. The molecule has 0 radical (unpaired) electrons. The van der Waals surface area contributed by atoms with Gasteiger partial charge in [0.2, 0.25) is 11.8 Å². The van der Waals surface area contributed by atoms with Gasteiger partial charge in [0.15, 0.2) is 0 Å². The summed E-state index contributed by atoms with van der Waals surface area (Å²) in [6.45, 7) is 5.27. The number of rotatable bonds is 8. The van der Waals surface area contributed by atoms with Crippen molar-refractivity contribution < 1.29 is 18.8 Å². The van der Waals surface area contributed by atoms with Gasteiger partial charge in [-0.2, -0.15) is 0 Å². The molecule has 0 saturated carbocycles. The third-order valence-electron chi connectivity index (χ3n) is 5.86. The van der Waals surface area contributed by atoms with Crippen LogP contribution in [0.25, 0.3) is 0 Å². The summed E-state index contributed by atoms with van der Waals surface area (Å²) >= 11 is 6.11. The largest absolute Gasteiger partial charge is 0.495 e. The van der Waals surface area contributed by atoms with Crippen LogP contribution in [0.4, 0.5) is 5.69 Å². The fourth-order valence-electron chi connectivity index (χ4n) is 4.08. The fraction of sp³-hybridized carbons (Fsp3) is 0.522. The first-order valence-electron chi connectivity index (χ1n) is 10.7. The molecule has 8 heteroatoms. The summed E-state index contributed by atoms with van der Waals surface area (Å²) in [5.74, 6) is 1.79. The number of anilines is 1. The highest BCUT2D eigenvalue weighted by Gasteiger charge is 2.24. The lowest BCUT2D eigenvalue weighted by Gasteiger charge is -2.33. The molecule has 1 aromatic carbocycles. The van der Waals surface area contributed by atoms with Gasteiger partial charge < -0.3 is 19.5 Å². The maximum Gasteiger partial charge on any atom is 0.224 e. The molecule has 1 N–H and O–H groups in total. The second kappa shape index (κ2) is 10.7. The van der Waals surface area contributed by atoms with Crippen molar-refractivity contribution in [1.29, 1.82) is 0 Å². The number of hydrogen-bond donors (Lipinski definition) is 1. The van der Waals surface area contributed by atoms with E-state index in [0.717, 1.165) is 42.8 Å². The van der Waals surface area contributed by atoms with Gasteiger partial charge in [0, 0.05) is 37.2 Å². The smallest absolute Gasteiger partial charge is 0.224 e. The average Bonchev–Trinajstić information content (AvgIpc) is 3.08. The first-order chi connectivity index (χ1) is 14.9. The summed E-state index contributed by atoms with van der Waals surface area (Å²) in [6, 6.07) is 5.17. The summed E-state index contributed by atoms with van der Waals surface area (Å²) in [5.41, 5.74) is 2.53. The van der Waals surface area contributed by atoms with Crippen LogP contribution in [0, 0.1) is 19.8 Å². The number of halogens is 1. The molecule has 1 aliphatic heterocycles. The van der Waals surface area contributed by atoms with E-state index in [1.807, 2.05) is 18.7 Å². The molecular formula is C23H30ClN3O4. The highest BCUT2D eigenvalue weighted by molar-refractivity contribution is 6.32. The van der Waals surface area contributed by atoms with Crippen molar-refractivity contribution in [3.05, 3.63) is 40.2 Å². The predicted octanol–water partition coefficient (Wildman–Crippen LogP) is 4.54. The minimum Gasteiger partial charge on any atom is -0.495 e. The van der Waals surface area contributed by atoms with Crippen LogP contribution in [0.1, 0.15) is 49.1 Å². The van der Waals surface area contributed by atoms with E-state index >= 15 is 0 Å². The molecule has 1 fully saturated rings. The lowest BCUT2D eigenvalue weighted by atomic mass is 9.93. The van der Waals surface area contributed by atoms with Crippen molar-refractivity contribution in [2.45, 2.75) is 52.4 Å². The molecule has 0 bridgehead atoms. The van der Waals surface area contributed by atoms with E-state index in [0.29, 0.717) is 48.2 Å². The lowest BCUT2D eigenvalue weighted by Crippen LogP contribution is -2.40. The molecule has 0 spiro atoms. The lowest BCUT2D eigenvalue weighted by molar-refractivity contribution is -0.133. The normalized spacial score (nSPS) is 16.3. The molecule has 1 aliphatic rings. The molecule has 2 amide bonds. The van der Waals surface area contributed by atoms with Crippen LogP contribution >= 0.6 is 11.6 Å². The number of methoxy groups -OCH3 is 1. The van der Waals surface area contributed by atoms with Crippen molar-refractivity contribution in [1.82, 2.24) is 10.1 Å². The first kappa shape index (κ1) is 23.1. The summed E-state index contributed by atoms with van der Waals surface area (Å²) < 4.78 is 10.3. The van der Waals surface area contributed by atoms with Crippen LogP contribution in [0.15, 0.2) is 22.7 Å². The number of benzene rings is 1. The number of carbonyl (C=O) groups is 2. The van der Waals surface area contributed by atoms with Gasteiger partial charge in [-0.05, 0) is 63.6 Å². The molecule has 168 valence electrons. The van der Waals surface area contributed by atoms with Gasteiger partial charge >= 0.3 is 0 Å². The van der Waals surface area contributed by atoms with Crippen molar-refractivity contribution in [2.24, 2.45) is 5.92 Å². The molecule has 7 nitrogen and oxygen atoms in total. The molecule has 1 unspecified atom stereocenters. The Morgan fingerprint density at radius 2 is 2.13 bits per heavy atom. The van der Waals surface area contributed by atoms with E-state index in [1.54, 1.807) is 25.3 Å². The number of piperidine rings is 1. The van der Waals surface area contributed by atoms with Crippen LogP contribution in [0.3, 0.4) is 0 Å². The Labute approximate surface area is 188 Å². The van der Waals surface area contributed by atoms with Crippen molar-refractivity contribution >= 4 is 29.1 Å². The Kier molecular flexibility index (Phi) is 7.96. The highest BCUT2D eigenvalue weighted by Crippen LogP contribution is 2.28. The molecule has 1 atom stereocenters. The van der Waals surface area contributed by atoms with Crippen molar-refractivity contribution in [3.8, 4) is 5.75 Å². The van der Waals surface area contributed by atoms with E-state index < -0.39 is 0 Å². The van der Waals surface area contributed by atoms with Crippen LogP contribution in [-0.4, -0.2) is 42.1 Å². The number of likely N-dealkylation sites (tertiary alicyclic amines) is 1. The monoisotopic (exact) mass is 447 g/mol. The van der Waals surface area contributed by atoms with Crippen LogP contribution < -0.4 is 10.1 Å². The van der Waals surface area contributed by atoms with Gasteiger partial charge in [0.1, 0.15) is 11.5 Å². The van der Waals surface area contributed by atoms with Crippen molar-refractivity contribution in [3.63, 3.8) is 0 Å². The Morgan fingerprint density at radius 1 is 1.32 bits per heavy atom. The van der Waals surface area contributed by atoms with E-state index in [2.05, 4.69) is 10.5 Å². The minimum absolute atomic E-state index is 0.0527. The quantitative estimate of drug-likeness (QED) is 0.642. The number of aryl methyl sites for hydroxylation is 2. The second-order valence-electron chi connectivity index (χ2n) is 8.09. The Bertz CT molecular complexity index is 908. The van der Waals surface area contributed by atoms with Gasteiger partial charge in [-0.15, -0.1) is 0 Å². The SMILES string of the molecule is COc1ccc(NC(=O)CCC2CCCN(C(=O)CCc3c(C)noc3C)C2)cc1Cl. The summed E-state index contributed by atoms with van der Waals surface area (Å²) in [6.07, 6.45) is 4.27. The number of nitrogens with zero attached hydrogens (tertiary/aromatic N) is 2. The topological polar surface area (TPSA) is 84.7 Å². The number of carbonyl (C=O) groups excluding carboxylic acids is 2. The van der Waals surface area contributed by atoms with Crippen LogP contribution in [-0.2, 0) is 16.0 Å². The maximum atomic E-state index is 12.7. The summed E-state index contributed by atoms with van der Waals surface area (Å²) in [4.78, 5) is 27.0. The van der Waals surface area contributed by atoms with Gasteiger partial charge in [-0.25, -0.2) is 0 Å². The maximum absolute atomic E-state index is 12.7. The Balaban J connectivity index is 1.44. The standard InChI is InChI=1S/C23H30ClN3O4/c1-15-19(16(2)31-26-15)8-11-23(29)27-12-4-5-17(14-27)6-10-22(28)25-18-7-9-21(30-3)20(24)13-18/h7,9,13,17H,4-6,8,10-12,14H2,1-3H3,(H,25,28). The zero-order valence-corrected chi connectivity index (χ0v) is 19.1. The number of nitrogens with one attached hydrogen (secondary N) is 1. The summed E-state index contributed by atoms with van der Waals surface area (Å²) in [7, 11) is 1.55. The Morgan fingerprint density at radius 3 is 2.81 bits per heavy atom. The zero-order chi connectivity index (χ0) is 22.4. The van der Waals surface area contributed by atoms with Gasteiger partial charge in [0.25, 0.3) is 0 Å². The number of hydrogen-bond acceptors (Lipinski definition) is 5. The van der Waals surface area contributed by atoms with E-state index in [4.69, 9.17) is 20.9 Å². The van der Waals surface area contributed by atoms with Crippen molar-refractivity contribution in [2.75, 3.05) is 25.5 Å². The zero-order valence-electron chi connectivity index (χ0n) is 18.4. The molecule has 2 aromatic rings. The van der Waals surface area contributed by atoms with E-state index in [-0.39, 0.29) is 11.8 Å². The van der Waals surface area contributed by atoms with Gasteiger partial charge in [0.05, 0.1) is 17.8 Å². The third-order valence-corrected chi connectivity index (χ3v) is 6.15. The highest BCUT2D eigenvalue weighted by atomic mass is 35.5. The summed E-state index contributed by atoms with van der Waals surface area (Å²) in [5, 5.41) is 7.29. The fourth-order valence-corrected chi connectivity index (χ4v) is 4.34. The second-order valence-corrected chi connectivity index (χ2v) is 8.49. The molecule has 1 aromatic heterocycles. The first-order valence-corrected chi connectivity index (χ1v) is 11.1. The number of aromatic nitrogens is 1. The minimum atomic E-state index is -0.0527.